The zero-order chi connectivity index (χ0) is 31.5. The largest absolute Gasteiger partial charge is 0.447 e. The van der Waals surface area contributed by atoms with Gasteiger partial charge in [-0.2, -0.15) is 0 Å². The molecule has 0 bridgehead atoms. The third-order valence-corrected chi connectivity index (χ3v) is 8.38. The van der Waals surface area contributed by atoms with Gasteiger partial charge in [0.25, 0.3) is 0 Å². The summed E-state index contributed by atoms with van der Waals surface area (Å²) < 4.78 is 5.41. The van der Waals surface area contributed by atoms with Gasteiger partial charge in [-0.15, -0.1) is 0 Å². The van der Waals surface area contributed by atoms with Gasteiger partial charge in [-0.3, -0.25) is 4.79 Å². The van der Waals surface area contributed by atoms with E-state index in [1.54, 1.807) is 6.08 Å². The topological polar surface area (TPSA) is 66.8 Å². The standard InChI is InChI=1S/C39H73O4/c1-3-5-7-9-11-13-15-17-19-21-22-24-26-28-30-32-34-38(37(41)36-40)43-39(42)35-33-31-29-27-25-23-20-18-16-14-12-10-8-6-4-2/h25,27,32,34,37,40-41H,3-24,26,28-31,33,35-36H2,1-2H3/b27-25+,34-32?. The molecule has 0 aliphatic heterocycles. The Labute approximate surface area is 268 Å². The lowest BCUT2D eigenvalue weighted by Crippen LogP contribution is -2.25. The van der Waals surface area contributed by atoms with Gasteiger partial charge in [0.15, 0.2) is 0 Å². The Bertz CT molecular complexity index is 614. The summed E-state index contributed by atoms with van der Waals surface area (Å²) in [6, 6.07) is 0. The van der Waals surface area contributed by atoms with Crippen LogP contribution in [0.5, 0.6) is 0 Å². The maximum atomic E-state index is 12.3. The van der Waals surface area contributed by atoms with Crippen molar-refractivity contribution in [3.63, 3.8) is 0 Å². The third kappa shape index (κ3) is 32.1. The summed E-state index contributed by atoms with van der Waals surface area (Å²) in [4.78, 5) is 12.3. The number of rotatable bonds is 34. The number of esters is 1. The van der Waals surface area contributed by atoms with E-state index in [4.69, 9.17) is 4.74 Å². The van der Waals surface area contributed by atoms with Crippen LogP contribution in [0.1, 0.15) is 200 Å². The lowest BCUT2D eigenvalue weighted by molar-refractivity contribution is -0.144. The molecular formula is C39H73O4. The molecule has 0 amide bonds. The Hall–Kier alpha value is -1.13. The van der Waals surface area contributed by atoms with Crippen LogP contribution in [-0.2, 0) is 9.53 Å². The predicted molar refractivity (Wildman–Crippen MR) is 186 cm³/mol. The monoisotopic (exact) mass is 606 g/mol. The Morgan fingerprint density at radius 3 is 1.28 bits per heavy atom. The highest BCUT2D eigenvalue weighted by atomic mass is 16.6. The number of hydrogen-bond donors (Lipinski definition) is 2. The molecule has 1 radical (unpaired) electrons. The highest BCUT2D eigenvalue weighted by Gasteiger charge is 2.21. The summed E-state index contributed by atoms with van der Waals surface area (Å²) in [5, 5.41) is 19.4. The third-order valence-electron chi connectivity index (χ3n) is 8.38. The zero-order valence-corrected chi connectivity index (χ0v) is 28.8. The van der Waals surface area contributed by atoms with Crippen molar-refractivity contribution >= 4 is 5.97 Å². The first kappa shape index (κ1) is 41.9. The van der Waals surface area contributed by atoms with E-state index in [1.165, 1.54) is 141 Å². The van der Waals surface area contributed by atoms with Gasteiger partial charge in [-0.05, 0) is 51.0 Å². The first-order valence-electron chi connectivity index (χ1n) is 18.8. The van der Waals surface area contributed by atoms with Crippen molar-refractivity contribution in [2.75, 3.05) is 6.61 Å². The highest BCUT2D eigenvalue weighted by molar-refractivity contribution is 5.70. The number of allylic oxidation sites excluding steroid dienone is 3. The fraction of sp³-hybridized carbons (Fsp3) is 0.846. The Morgan fingerprint density at radius 1 is 0.535 bits per heavy atom. The predicted octanol–water partition coefficient (Wildman–Crippen LogP) is 11.9. The lowest BCUT2D eigenvalue weighted by Gasteiger charge is -2.17. The van der Waals surface area contributed by atoms with Crippen molar-refractivity contribution in [3.05, 3.63) is 30.4 Å². The van der Waals surface area contributed by atoms with Crippen LogP contribution in [0.4, 0.5) is 0 Å². The molecule has 1 atom stereocenters. The normalized spacial score (nSPS) is 12.7. The number of aliphatic hydroxyl groups excluding tert-OH is 2. The van der Waals surface area contributed by atoms with Crippen molar-refractivity contribution < 1.29 is 19.7 Å². The summed E-state index contributed by atoms with van der Waals surface area (Å²) in [6.07, 6.45) is 43.3. The molecule has 0 aromatic heterocycles. The van der Waals surface area contributed by atoms with E-state index in [-0.39, 0.29) is 12.1 Å². The summed E-state index contributed by atoms with van der Waals surface area (Å²) >= 11 is 0. The molecule has 1 unspecified atom stereocenters. The second-order valence-electron chi connectivity index (χ2n) is 12.7. The Balaban J connectivity index is 3.75. The summed E-state index contributed by atoms with van der Waals surface area (Å²) in [5.41, 5.74) is 0. The first-order chi connectivity index (χ1) is 21.2. The number of hydrogen-bond acceptors (Lipinski definition) is 4. The maximum absolute atomic E-state index is 12.3. The summed E-state index contributed by atoms with van der Waals surface area (Å²) in [7, 11) is 0. The number of carbonyl (C=O) groups is 1. The molecule has 0 aliphatic carbocycles. The SMILES string of the molecule is CCCCCCCCCCC/C=C/CCCCC(=O)O[C](C=CCCCCCCCCCCCCCCCC)C(O)CO. The molecule has 253 valence electrons. The Kier molecular flexibility index (Phi) is 34.4. The van der Waals surface area contributed by atoms with E-state index in [0.717, 1.165) is 38.5 Å². The van der Waals surface area contributed by atoms with Crippen LogP contribution in [0.2, 0.25) is 0 Å². The van der Waals surface area contributed by atoms with Crippen molar-refractivity contribution in [3.8, 4) is 0 Å². The van der Waals surface area contributed by atoms with Gasteiger partial charge in [0.05, 0.1) is 6.61 Å². The molecule has 4 nitrogen and oxygen atoms in total. The molecule has 0 heterocycles. The average molecular weight is 606 g/mol. The second kappa shape index (κ2) is 35.4. The zero-order valence-electron chi connectivity index (χ0n) is 28.8. The van der Waals surface area contributed by atoms with Crippen LogP contribution in [0.3, 0.4) is 0 Å². The van der Waals surface area contributed by atoms with Crippen LogP contribution in [0.15, 0.2) is 24.3 Å². The van der Waals surface area contributed by atoms with Gasteiger partial charge in [-0.1, -0.05) is 167 Å². The molecule has 0 saturated heterocycles. The highest BCUT2D eigenvalue weighted by Crippen LogP contribution is 2.17. The van der Waals surface area contributed by atoms with Crippen molar-refractivity contribution in [2.24, 2.45) is 0 Å². The van der Waals surface area contributed by atoms with Gasteiger partial charge < -0.3 is 14.9 Å². The van der Waals surface area contributed by atoms with Crippen LogP contribution < -0.4 is 0 Å². The van der Waals surface area contributed by atoms with Gasteiger partial charge in [0.1, 0.15) is 6.10 Å². The molecule has 0 rings (SSSR count). The second-order valence-corrected chi connectivity index (χ2v) is 12.7. The molecule has 43 heavy (non-hydrogen) atoms. The fourth-order valence-electron chi connectivity index (χ4n) is 5.48. The van der Waals surface area contributed by atoms with Gasteiger partial charge in [0.2, 0.25) is 6.10 Å². The van der Waals surface area contributed by atoms with Gasteiger partial charge in [-0.25, -0.2) is 0 Å². The van der Waals surface area contributed by atoms with Crippen LogP contribution >= 0.6 is 0 Å². The van der Waals surface area contributed by atoms with Gasteiger partial charge >= 0.3 is 5.97 Å². The van der Waals surface area contributed by atoms with E-state index >= 15 is 0 Å². The molecule has 0 saturated carbocycles. The van der Waals surface area contributed by atoms with E-state index in [2.05, 4.69) is 26.0 Å². The van der Waals surface area contributed by atoms with Crippen LogP contribution in [0, 0.1) is 6.10 Å². The minimum atomic E-state index is -1.15. The van der Waals surface area contributed by atoms with E-state index < -0.39 is 12.7 Å². The molecule has 4 heteroatoms. The smallest absolute Gasteiger partial charge is 0.306 e. The average Bonchev–Trinajstić information content (AvgIpc) is 3.01. The van der Waals surface area contributed by atoms with Crippen LogP contribution in [-0.4, -0.2) is 28.9 Å². The fourth-order valence-corrected chi connectivity index (χ4v) is 5.48. The van der Waals surface area contributed by atoms with Crippen molar-refractivity contribution in [2.45, 2.75) is 206 Å². The maximum Gasteiger partial charge on any atom is 0.306 e. The molecule has 0 aromatic carbocycles. The van der Waals surface area contributed by atoms with E-state index in [1.807, 2.05) is 6.08 Å². The quantitative estimate of drug-likeness (QED) is 0.0435. The summed E-state index contributed by atoms with van der Waals surface area (Å²) in [5.74, 6) is -0.331. The molecular weight excluding hydrogens is 532 g/mol. The number of ether oxygens (including phenoxy) is 1. The van der Waals surface area contributed by atoms with Crippen LogP contribution in [0.25, 0.3) is 0 Å². The first-order valence-corrected chi connectivity index (χ1v) is 18.8. The van der Waals surface area contributed by atoms with Gasteiger partial charge in [0, 0.05) is 6.42 Å². The molecule has 0 spiro atoms. The minimum Gasteiger partial charge on any atom is -0.447 e. The van der Waals surface area contributed by atoms with Crippen molar-refractivity contribution in [1.82, 2.24) is 0 Å². The summed E-state index contributed by atoms with van der Waals surface area (Å²) in [6.45, 7) is 4.09. The Morgan fingerprint density at radius 2 is 0.884 bits per heavy atom. The molecule has 0 fully saturated rings. The minimum absolute atomic E-state index is 0.165. The molecule has 2 N–H and O–H groups in total. The van der Waals surface area contributed by atoms with E-state index in [9.17, 15) is 15.0 Å². The lowest BCUT2D eigenvalue weighted by atomic mass is 10.0. The van der Waals surface area contributed by atoms with Crippen molar-refractivity contribution in [1.29, 1.82) is 0 Å². The molecule has 0 aromatic rings. The number of carbonyl (C=O) groups excluding carboxylic acids is 1. The number of unbranched alkanes of at least 4 members (excludes halogenated alkanes) is 25. The van der Waals surface area contributed by atoms with E-state index in [0.29, 0.717) is 6.42 Å². The molecule has 0 aliphatic rings. The number of aliphatic hydroxyl groups is 2.